The lowest BCUT2D eigenvalue weighted by Crippen LogP contribution is -2.50. The highest BCUT2D eigenvalue weighted by Gasteiger charge is 2.29. The summed E-state index contributed by atoms with van der Waals surface area (Å²) in [6.45, 7) is 3.16. The summed E-state index contributed by atoms with van der Waals surface area (Å²) in [7, 11) is -1.03. The van der Waals surface area contributed by atoms with Crippen molar-refractivity contribution in [1.82, 2.24) is 14.5 Å². The average molecular weight is 452 g/mol. The van der Waals surface area contributed by atoms with Gasteiger partial charge in [-0.1, -0.05) is 41.4 Å². The van der Waals surface area contributed by atoms with Crippen LogP contribution < -0.4 is 5.32 Å². The summed E-state index contributed by atoms with van der Waals surface area (Å²) in [4.78, 5) is 26.7. The molecule has 9 heteroatoms. The van der Waals surface area contributed by atoms with Crippen LogP contribution in [0.25, 0.3) is 0 Å². The molecule has 1 atom stereocenters. The quantitative estimate of drug-likeness (QED) is 0.667. The van der Waals surface area contributed by atoms with Crippen molar-refractivity contribution in [2.75, 3.05) is 20.6 Å². The molecule has 30 heavy (non-hydrogen) atoms. The Hall–Kier alpha value is -2.42. The number of nitrogens with one attached hydrogen (secondary N) is 1. The normalized spacial score (nSPS) is 12.5. The van der Waals surface area contributed by atoms with Gasteiger partial charge in [-0.2, -0.15) is 4.31 Å². The third kappa shape index (κ3) is 5.81. The minimum atomic E-state index is -3.85. The molecule has 0 saturated heterocycles. The molecule has 0 saturated carbocycles. The fraction of sp³-hybridized carbons (Fsp3) is 0.333. The number of rotatable bonds is 8. The summed E-state index contributed by atoms with van der Waals surface area (Å²) in [5.41, 5.74) is 1.66. The van der Waals surface area contributed by atoms with Crippen LogP contribution in [0.15, 0.2) is 53.4 Å². The summed E-state index contributed by atoms with van der Waals surface area (Å²) in [6.07, 6.45) is 0. The smallest absolute Gasteiger partial charge is 0.243 e. The first-order chi connectivity index (χ1) is 14.1. The van der Waals surface area contributed by atoms with Gasteiger partial charge >= 0.3 is 0 Å². The maximum atomic E-state index is 13.0. The van der Waals surface area contributed by atoms with Gasteiger partial charge in [-0.3, -0.25) is 9.59 Å². The molecule has 0 aliphatic rings. The highest BCUT2D eigenvalue weighted by molar-refractivity contribution is 7.89. The Labute approximate surface area is 182 Å². The summed E-state index contributed by atoms with van der Waals surface area (Å²) in [6, 6.07) is 12.5. The van der Waals surface area contributed by atoms with Gasteiger partial charge in [0.05, 0.1) is 11.4 Å². The van der Waals surface area contributed by atoms with Crippen LogP contribution in [0.3, 0.4) is 0 Å². The Morgan fingerprint density at radius 3 is 2.33 bits per heavy atom. The molecule has 2 amide bonds. The Kier molecular flexibility index (Phi) is 8.00. The number of benzene rings is 2. The first-order valence-electron chi connectivity index (χ1n) is 9.34. The van der Waals surface area contributed by atoms with Crippen LogP contribution in [0.4, 0.5) is 0 Å². The van der Waals surface area contributed by atoms with Gasteiger partial charge in [-0.15, -0.1) is 0 Å². The fourth-order valence-corrected chi connectivity index (χ4v) is 4.21. The average Bonchev–Trinajstić information content (AvgIpc) is 2.71. The predicted molar refractivity (Wildman–Crippen MR) is 117 cm³/mol. The van der Waals surface area contributed by atoms with E-state index < -0.39 is 28.5 Å². The molecule has 0 radical (unpaired) electrons. The SMILES string of the molecule is CNC(=O)[C@H](C)N(Cc1cccc(Cl)c1)C(=O)CN(C)S(=O)(=O)c1ccc(C)cc1. The number of nitrogens with zero attached hydrogens (tertiary/aromatic N) is 2. The van der Waals surface area contributed by atoms with Crippen LogP contribution in [0.1, 0.15) is 18.1 Å². The number of hydrogen-bond acceptors (Lipinski definition) is 4. The zero-order valence-electron chi connectivity index (χ0n) is 17.4. The van der Waals surface area contributed by atoms with E-state index in [2.05, 4.69) is 5.32 Å². The minimum absolute atomic E-state index is 0.101. The number of carbonyl (C=O) groups excluding carboxylic acids is 2. The summed E-state index contributed by atoms with van der Waals surface area (Å²) < 4.78 is 26.6. The molecule has 7 nitrogen and oxygen atoms in total. The van der Waals surface area contributed by atoms with Crippen LogP contribution in [0, 0.1) is 6.92 Å². The number of hydrogen-bond donors (Lipinski definition) is 1. The van der Waals surface area contributed by atoms with Gasteiger partial charge in [0.1, 0.15) is 6.04 Å². The molecule has 2 rings (SSSR count). The molecule has 0 aliphatic carbocycles. The van der Waals surface area contributed by atoms with Crippen molar-refractivity contribution in [3.63, 3.8) is 0 Å². The van der Waals surface area contributed by atoms with Crippen LogP contribution in [0.5, 0.6) is 0 Å². The molecule has 0 spiro atoms. The number of aryl methyl sites for hydroxylation is 1. The van der Waals surface area contributed by atoms with E-state index in [9.17, 15) is 18.0 Å². The molecule has 1 N–H and O–H groups in total. The van der Waals surface area contributed by atoms with Gasteiger partial charge in [-0.05, 0) is 43.7 Å². The lowest BCUT2D eigenvalue weighted by atomic mass is 10.1. The minimum Gasteiger partial charge on any atom is -0.357 e. The lowest BCUT2D eigenvalue weighted by molar-refractivity contribution is -0.140. The number of likely N-dealkylation sites (N-methyl/N-ethyl adjacent to an activating group) is 2. The van der Waals surface area contributed by atoms with Crippen LogP contribution in [-0.4, -0.2) is 56.1 Å². The molecule has 162 valence electrons. The molecule has 0 aliphatic heterocycles. The Bertz CT molecular complexity index is 1010. The van der Waals surface area contributed by atoms with Gasteiger partial charge in [-0.25, -0.2) is 8.42 Å². The first kappa shape index (κ1) is 23.9. The fourth-order valence-electron chi connectivity index (χ4n) is 2.88. The summed E-state index contributed by atoms with van der Waals surface area (Å²) in [5.74, 6) is -0.848. The van der Waals surface area contributed by atoms with E-state index in [1.807, 2.05) is 6.92 Å². The second kappa shape index (κ2) is 10.1. The monoisotopic (exact) mass is 451 g/mol. The largest absolute Gasteiger partial charge is 0.357 e. The van der Waals surface area contributed by atoms with Crippen LogP contribution in [-0.2, 0) is 26.2 Å². The molecule has 0 aromatic heterocycles. The van der Waals surface area contributed by atoms with Crippen molar-refractivity contribution in [1.29, 1.82) is 0 Å². The van der Waals surface area contributed by atoms with E-state index in [0.29, 0.717) is 5.02 Å². The Morgan fingerprint density at radius 2 is 1.77 bits per heavy atom. The zero-order valence-corrected chi connectivity index (χ0v) is 19.0. The van der Waals surface area contributed by atoms with E-state index in [1.165, 1.54) is 31.1 Å². The molecule has 2 aromatic carbocycles. The van der Waals surface area contributed by atoms with Gasteiger partial charge in [0.2, 0.25) is 21.8 Å². The van der Waals surface area contributed by atoms with E-state index in [1.54, 1.807) is 43.3 Å². The highest BCUT2D eigenvalue weighted by atomic mass is 35.5. The van der Waals surface area contributed by atoms with Crippen molar-refractivity contribution in [3.05, 3.63) is 64.7 Å². The second-order valence-corrected chi connectivity index (χ2v) is 9.50. The first-order valence-corrected chi connectivity index (χ1v) is 11.2. The Morgan fingerprint density at radius 1 is 1.13 bits per heavy atom. The molecule has 0 unspecified atom stereocenters. The number of sulfonamides is 1. The van der Waals surface area contributed by atoms with E-state index in [4.69, 9.17) is 11.6 Å². The van der Waals surface area contributed by atoms with E-state index >= 15 is 0 Å². The van der Waals surface area contributed by atoms with Crippen molar-refractivity contribution < 1.29 is 18.0 Å². The van der Waals surface area contributed by atoms with Gasteiger partial charge in [0.25, 0.3) is 0 Å². The topological polar surface area (TPSA) is 86.8 Å². The van der Waals surface area contributed by atoms with Crippen molar-refractivity contribution in [3.8, 4) is 0 Å². The van der Waals surface area contributed by atoms with Gasteiger partial charge in [0.15, 0.2) is 0 Å². The van der Waals surface area contributed by atoms with E-state index in [0.717, 1.165) is 15.4 Å². The summed E-state index contributed by atoms with van der Waals surface area (Å²) >= 11 is 6.03. The highest BCUT2D eigenvalue weighted by Crippen LogP contribution is 2.18. The third-order valence-corrected chi connectivity index (χ3v) is 6.80. The van der Waals surface area contributed by atoms with Crippen LogP contribution >= 0.6 is 11.6 Å². The predicted octanol–water partition coefficient (Wildman–Crippen LogP) is 2.43. The van der Waals surface area contributed by atoms with Crippen molar-refractivity contribution in [2.45, 2.75) is 31.3 Å². The molecule has 0 heterocycles. The molecule has 0 fully saturated rings. The Balaban J connectivity index is 2.26. The molecular formula is C21H26ClN3O4S. The van der Waals surface area contributed by atoms with Crippen molar-refractivity contribution >= 4 is 33.4 Å². The third-order valence-electron chi connectivity index (χ3n) is 4.74. The molecule has 0 bridgehead atoms. The molecule has 2 aromatic rings. The zero-order chi connectivity index (χ0) is 22.5. The van der Waals surface area contributed by atoms with Gasteiger partial charge in [0, 0.05) is 25.7 Å². The second-order valence-electron chi connectivity index (χ2n) is 7.02. The van der Waals surface area contributed by atoms with Gasteiger partial charge < -0.3 is 10.2 Å². The van der Waals surface area contributed by atoms with Crippen LogP contribution in [0.2, 0.25) is 5.02 Å². The van der Waals surface area contributed by atoms with Crippen molar-refractivity contribution in [2.24, 2.45) is 0 Å². The maximum absolute atomic E-state index is 13.0. The number of carbonyl (C=O) groups is 2. The maximum Gasteiger partial charge on any atom is 0.243 e. The molecular weight excluding hydrogens is 426 g/mol. The standard InChI is InChI=1S/C21H26ClN3O4S/c1-15-8-10-19(11-9-15)30(28,29)24(4)14-20(26)25(16(2)21(27)23-3)13-17-6-5-7-18(22)12-17/h5-12,16H,13-14H2,1-4H3,(H,23,27)/t16-/m0/s1. The number of amides is 2. The summed E-state index contributed by atoms with van der Waals surface area (Å²) in [5, 5.41) is 3.03. The lowest BCUT2D eigenvalue weighted by Gasteiger charge is -2.30. The number of halogens is 1. The van der Waals surface area contributed by atoms with E-state index in [-0.39, 0.29) is 17.3 Å².